The van der Waals surface area contributed by atoms with Crippen molar-refractivity contribution in [3.05, 3.63) is 46.5 Å². The highest BCUT2D eigenvalue weighted by atomic mass is 16.5. The van der Waals surface area contributed by atoms with E-state index in [9.17, 15) is 25.2 Å². The fraction of sp³-hybridized carbons (Fsp3) is 0.667. The van der Waals surface area contributed by atoms with Crippen LogP contribution < -0.4 is 20.5 Å². The molecule has 2 unspecified atom stereocenters. The number of phenolic OH excluding ortho intramolecular Hbond substituents is 2. The highest BCUT2D eigenvalue weighted by Gasteiger charge is 2.80. The van der Waals surface area contributed by atoms with Crippen molar-refractivity contribution in [1.82, 2.24) is 15.1 Å². The second-order valence-corrected chi connectivity index (χ2v) is 19.4. The van der Waals surface area contributed by atoms with Crippen molar-refractivity contribution in [1.29, 1.82) is 0 Å². The first kappa shape index (κ1) is 31.7. The van der Waals surface area contributed by atoms with E-state index in [-0.39, 0.29) is 35.9 Å². The fourth-order valence-corrected chi connectivity index (χ4v) is 14.4. The minimum Gasteiger partial charge on any atom is -0.504 e. The summed E-state index contributed by atoms with van der Waals surface area (Å²) >= 11 is 0. The number of aliphatic hydroxyl groups is 2. The first-order valence-corrected chi connectivity index (χ1v) is 20.6. The number of nitrogens with one attached hydrogen (secondary N) is 1. The Morgan fingerprint density at radius 1 is 0.741 bits per heavy atom. The Morgan fingerprint density at radius 2 is 1.26 bits per heavy atom. The smallest absolute Gasteiger partial charge is 0.257 e. The van der Waals surface area contributed by atoms with Crippen LogP contribution in [0.25, 0.3) is 0 Å². The standard InChI is InChI=1S/C42H49N5O7/c43-39(9-11-41(51)27-17-23-5-7-25(48)31-29(23)37(41,33(39)53-31)13-15-46(27)19-21-1-2-21)35-44-36(50)40(45-35)10-12-42(52)28-18-24-6-8-26(49)32-30(24)38(42,34(40)54-32)14-16-47(28)20-22-3-4-22/h5-8,21-22,27-28,33-34,48-49,51-52H,1-4,9-20,43H2,(H,44,45,50)/t27?,28?,33-,34-,37+,38+,39+,40+,41-,42-/m1/s1. The zero-order valence-corrected chi connectivity index (χ0v) is 30.5. The van der Waals surface area contributed by atoms with Gasteiger partial charge in [0.15, 0.2) is 28.5 Å². The lowest BCUT2D eigenvalue weighted by Gasteiger charge is -2.65. The van der Waals surface area contributed by atoms with Crippen LogP contribution in [0.1, 0.15) is 86.5 Å². The number of hydrogen-bond donors (Lipinski definition) is 6. The normalized spacial score (nSPS) is 46.1. The molecule has 5 heterocycles. The Labute approximate surface area is 313 Å². The Kier molecular flexibility index (Phi) is 5.63. The Morgan fingerprint density at radius 3 is 1.81 bits per heavy atom. The van der Waals surface area contributed by atoms with E-state index in [0.717, 1.165) is 48.4 Å². The highest BCUT2D eigenvalue weighted by Crippen LogP contribution is 2.70. The topological polar surface area (TPSA) is 173 Å². The zero-order valence-electron chi connectivity index (χ0n) is 30.5. The van der Waals surface area contributed by atoms with Gasteiger partial charge in [-0.1, -0.05) is 12.1 Å². The Bertz CT molecular complexity index is 2140. The summed E-state index contributed by atoms with van der Waals surface area (Å²) in [6, 6.07) is 7.12. The van der Waals surface area contributed by atoms with E-state index >= 15 is 0 Å². The minimum atomic E-state index is -1.40. The molecule has 11 aliphatic rings. The summed E-state index contributed by atoms with van der Waals surface area (Å²) in [5.74, 6) is 2.18. The van der Waals surface area contributed by atoms with Gasteiger partial charge in [0.05, 0.1) is 22.0 Å². The summed E-state index contributed by atoms with van der Waals surface area (Å²) < 4.78 is 13.7. The molecular weight excluding hydrogens is 686 g/mol. The molecule has 2 aromatic rings. The third kappa shape index (κ3) is 3.34. The van der Waals surface area contributed by atoms with Crippen LogP contribution in [0, 0.1) is 11.8 Å². The van der Waals surface area contributed by atoms with Gasteiger partial charge in [-0.3, -0.25) is 14.6 Å². The van der Waals surface area contributed by atoms with Gasteiger partial charge in [-0.25, -0.2) is 4.99 Å². The molecule has 2 saturated heterocycles. The maximum absolute atomic E-state index is 14.9. The van der Waals surface area contributed by atoms with Crippen LogP contribution in [0.4, 0.5) is 0 Å². The van der Waals surface area contributed by atoms with Gasteiger partial charge in [0.25, 0.3) is 5.91 Å². The number of rotatable bonds is 5. The summed E-state index contributed by atoms with van der Waals surface area (Å²) in [5, 5.41) is 52.0. The number of fused-ring (bicyclic) bond motifs is 1. The molecule has 12 nitrogen and oxygen atoms in total. The third-order valence-corrected chi connectivity index (χ3v) is 17.1. The number of aromatic hydroxyl groups is 2. The monoisotopic (exact) mass is 735 g/mol. The molecule has 0 radical (unpaired) electrons. The molecule has 1 amide bonds. The van der Waals surface area contributed by atoms with Crippen molar-refractivity contribution in [3.63, 3.8) is 0 Å². The van der Waals surface area contributed by atoms with Crippen LogP contribution in [0.15, 0.2) is 29.3 Å². The van der Waals surface area contributed by atoms with Crippen LogP contribution in [-0.2, 0) is 28.5 Å². The van der Waals surface area contributed by atoms with Gasteiger partial charge in [0.2, 0.25) is 0 Å². The van der Waals surface area contributed by atoms with E-state index in [0.29, 0.717) is 74.1 Å². The molecule has 2 aromatic carbocycles. The molecule has 6 fully saturated rings. The number of ether oxygens (including phenoxy) is 2. The second kappa shape index (κ2) is 9.57. The molecule has 284 valence electrons. The van der Waals surface area contributed by atoms with Crippen molar-refractivity contribution in [2.75, 3.05) is 26.2 Å². The minimum absolute atomic E-state index is 0.0186. The fourth-order valence-electron chi connectivity index (χ4n) is 14.4. The number of phenols is 2. The van der Waals surface area contributed by atoms with E-state index in [1.54, 1.807) is 12.1 Å². The van der Waals surface area contributed by atoms with Crippen LogP contribution in [0.3, 0.4) is 0 Å². The van der Waals surface area contributed by atoms with E-state index < -0.39 is 45.3 Å². The molecule has 12 heteroatoms. The SMILES string of the molecule is N[C@@]1(C2=N[C@]3(CC[C@@]4(O)C5Cc6ccc(O)c7c6[C@@]4(CCN5CC4CC4)[C@H]3O7)C(=O)N2)CC[C@@]2(O)C3Cc4ccc(O)c5c4[C@@]2(CCN3CC2CC2)[C@H]1O5. The van der Waals surface area contributed by atoms with E-state index in [1.807, 2.05) is 12.1 Å². The van der Waals surface area contributed by atoms with Gasteiger partial charge in [0.1, 0.15) is 23.6 Å². The number of carbonyl (C=O) groups is 1. The average Bonchev–Trinajstić information content (AvgIpc) is 4.05. The molecule has 10 atom stereocenters. The number of nitrogens with zero attached hydrogens (tertiary/aromatic N) is 3. The van der Waals surface area contributed by atoms with Crippen molar-refractivity contribution in [3.8, 4) is 23.0 Å². The number of hydrogen-bond acceptors (Lipinski definition) is 11. The van der Waals surface area contributed by atoms with Gasteiger partial charge in [-0.15, -0.1) is 0 Å². The lowest BCUT2D eigenvalue weighted by atomic mass is 9.46. The molecule has 6 aliphatic carbocycles. The van der Waals surface area contributed by atoms with Crippen LogP contribution >= 0.6 is 0 Å². The van der Waals surface area contributed by atoms with E-state index in [1.165, 1.54) is 25.7 Å². The summed E-state index contributed by atoms with van der Waals surface area (Å²) in [5.41, 5.74) is 4.69. The molecule has 5 aliphatic heterocycles. The maximum Gasteiger partial charge on any atom is 0.257 e. The van der Waals surface area contributed by atoms with Gasteiger partial charge in [-0.05, 0) is 125 Å². The lowest BCUT2D eigenvalue weighted by Crippen LogP contribution is -2.82. The predicted molar refractivity (Wildman–Crippen MR) is 195 cm³/mol. The van der Waals surface area contributed by atoms with Crippen molar-refractivity contribution in [2.45, 2.75) is 134 Å². The number of amidine groups is 1. The van der Waals surface area contributed by atoms with Crippen molar-refractivity contribution >= 4 is 11.7 Å². The van der Waals surface area contributed by atoms with Gasteiger partial charge < -0.3 is 41.0 Å². The van der Waals surface area contributed by atoms with Crippen LogP contribution in [0.5, 0.6) is 23.0 Å². The van der Waals surface area contributed by atoms with Gasteiger partial charge >= 0.3 is 0 Å². The van der Waals surface area contributed by atoms with Crippen LogP contribution in [-0.4, -0.2) is 115 Å². The van der Waals surface area contributed by atoms with Gasteiger partial charge in [-0.2, -0.15) is 0 Å². The molecule has 4 saturated carbocycles. The first-order chi connectivity index (χ1) is 26.0. The molecular formula is C42H49N5O7. The summed E-state index contributed by atoms with van der Waals surface area (Å²) in [4.78, 5) is 25.3. The number of likely N-dealkylation sites (tertiary alicyclic amines) is 2. The number of nitrogens with two attached hydrogens (primary N) is 1. The summed E-state index contributed by atoms with van der Waals surface area (Å²) in [7, 11) is 0. The number of carbonyl (C=O) groups excluding carboxylic acids is 1. The summed E-state index contributed by atoms with van der Waals surface area (Å²) in [6.07, 6.45) is 7.19. The van der Waals surface area contributed by atoms with Crippen LogP contribution in [0.2, 0.25) is 0 Å². The highest BCUT2D eigenvalue weighted by molar-refractivity contribution is 6.13. The molecule has 54 heavy (non-hydrogen) atoms. The molecule has 7 N–H and O–H groups in total. The average molecular weight is 736 g/mol. The largest absolute Gasteiger partial charge is 0.504 e. The Balaban J connectivity index is 0.940. The van der Waals surface area contributed by atoms with E-state index in [2.05, 4.69) is 15.1 Å². The number of amides is 1. The number of piperidine rings is 2. The molecule has 3 spiro atoms. The Hall–Kier alpha value is -3.42. The second-order valence-electron chi connectivity index (χ2n) is 19.4. The predicted octanol–water partition coefficient (Wildman–Crippen LogP) is 1.89. The quantitative estimate of drug-likeness (QED) is 0.266. The lowest BCUT2D eigenvalue weighted by molar-refractivity contribution is -0.201. The summed E-state index contributed by atoms with van der Waals surface area (Å²) in [6.45, 7) is 3.50. The molecule has 13 rings (SSSR count). The zero-order chi connectivity index (χ0) is 36.4. The number of aliphatic imine (C=N–C) groups is 1. The van der Waals surface area contributed by atoms with Gasteiger partial charge in [0, 0.05) is 36.3 Å². The molecule has 0 aromatic heterocycles. The number of benzene rings is 2. The maximum atomic E-state index is 14.9. The van der Waals surface area contributed by atoms with Crippen molar-refractivity contribution < 1.29 is 34.7 Å². The first-order valence-electron chi connectivity index (χ1n) is 20.6. The third-order valence-electron chi connectivity index (χ3n) is 17.1. The van der Waals surface area contributed by atoms with E-state index in [4.69, 9.17) is 20.2 Å². The molecule has 4 bridgehead atoms. The van der Waals surface area contributed by atoms with Crippen molar-refractivity contribution in [2.24, 2.45) is 22.6 Å².